The molecule has 0 saturated carbocycles. The van der Waals surface area contributed by atoms with Gasteiger partial charge in [-0.1, -0.05) is 90.2 Å². The Kier molecular flexibility index (Phi) is 27.7. The van der Waals surface area contributed by atoms with Crippen molar-refractivity contribution in [3.63, 3.8) is 0 Å². The van der Waals surface area contributed by atoms with Gasteiger partial charge in [0.05, 0.1) is 65.2 Å². The first-order valence-corrected chi connectivity index (χ1v) is 28.1. The molecule has 4 aromatic rings. The molecule has 0 aromatic heterocycles. The minimum atomic E-state index is -5.81. The van der Waals surface area contributed by atoms with Crippen LogP contribution in [0.3, 0.4) is 0 Å². The Hall–Kier alpha value is -5.46. The van der Waals surface area contributed by atoms with Crippen LogP contribution in [-0.4, -0.2) is 44.3 Å². The van der Waals surface area contributed by atoms with Crippen LogP contribution in [0.4, 0.5) is 105 Å². The van der Waals surface area contributed by atoms with Crippen molar-refractivity contribution >= 4 is 7.32 Å². The number of hydrogen-bond acceptors (Lipinski definition) is 5. The quantitative estimate of drug-likeness (QED) is 0.0135. The van der Waals surface area contributed by atoms with Crippen molar-refractivity contribution in [2.75, 3.05) is 26.3 Å². The lowest BCUT2D eigenvalue weighted by Gasteiger charge is -2.56. The highest BCUT2D eigenvalue weighted by Gasteiger charge is 2.61. The van der Waals surface area contributed by atoms with E-state index in [4.69, 9.17) is 23.4 Å². The first-order chi connectivity index (χ1) is 40.9. The van der Waals surface area contributed by atoms with Crippen molar-refractivity contribution < 1.29 is 133 Å². The van der Waals surface area contributed by atoms with Crippen molar-refractivity contribution in [1.82, 2.24) is 0 Å². The SMILES string of the molecule is CCCCCCCC[N+](CCCCCCCC)(C(CC)OCC)C(CC)(OCC)c1c(OB(Oc2cc(C(F)(F)F)cc(C(F)(F)F)c2)Oc2cc(C(F)(F)F)cc(C(F)(F)F)c2)cc(C(F)(F)F)cc1C(F)(F)F.FC(F)(F)c1c[c-]cc(C(F)(F)F)c1. The molecule has 0 radical (unpaired) electrons. The number of ether oxygens (including phenoxy) is 2. The molecule has 0 aliphatic rings. The minimum Gasteiger partial charge on any atom is -0.490 e. The molecular formula is C58H66BF24NO5. The largest absolute Gasteiger partial charge is 0.864 e. The molecule has 0 aliphatic heterocycles. The Labute approximate surface area is 498 Å². The molecule has 31 heteroatoms. The van der Waals surface area contributed by atoms with Gasteiger partial charge < -0.3 is 23.4 Å². The summed E-state index contributed by atoms with van der Waals surface area (Å²) < 4.78 is 363. The second kappa shape index (κ2) is 31.7. The zero-order valence-corrected chi connectivity index (χ0v) is 48.8. The second-order valence-corrected chi connectivity index (χ2v) is 20.4. The maximum atomic E-state index is 16.0. The molecule has 0 bridgehead atoms. The van der Waals surface area contributed by atoms with Gasteiger partial charge in [-0.15, -0.1) is 6.07 Å². The summed E-state index contributed by atoms with van der Waals surface area (Å²) in [5.41, 5.74) is -19.2. The van der Waals surface area contributed by atoms with E-state index in [0.29, 0.717) is 37.8 Å². The third kappa shape index (κ3) is 22.1. The van der Waals surface area contributed by atoms with Crippen LogP contribution in [0.2, 0.25) is 0 Å². The molecule has 0 fully saturated rings. The van der Waals surface area contributed by atoms with Gasteiger partial charge in [-0.25, -0.2) is 0 Å². The standard InChI is InChI=1S/C50H63BF18NO5.C8H3F6/c1-7-13-15-17-19-21-23-70(42(9-3)71-11-5,24-22-20-18-16-14-8-2)44(10-4,72-12-6)43-40(50(67,68)69)31-37(49(64,65)66)32-41(43)75-51(73-38-27-33(45(52,53)54)25-34(28-38)46(55,56)57)74-39-29-35(47(58,59)60)26-36(30-39)48(61,62)63;9-7(10,11)5-2-1-3-6(4-5)8(12,13)14/h25-32,42H,7-24H2,1-6H3;2-4H/q+1;-1. The van der Waals surface area contributed by atoms with Gasteiger partial charge in [0.2, 0.25) is 5.72 Å². The molecule has 4 aromatic carbocycles. The zero-order valence-electron chi connectivity index (χ0n) is 48.8. The van der Waals surface area contributed by atoms with Crippen LogP contribution >= 0.6 is 0 Å². The van der Waals surface area contributed by atoms with Gasteiger partial charge in [0.15, 0.2) is 6.23 Å². The van der Waals surface area contributed by atoms with Crippen molar-refractivity contribution in [2.45, 2.75) is 193 Å². The van der Waals surface area contributed by atoms with Crippen molar-refractivity contribution in [2.24, 2.45) is 0 Å². The summed E-state index contributed by atoms with van der Waals surface area (Å²) in [5.74, 6) is -4.80. The molecule has 89 heavy (non-hydrogen) atoms. The number of nitrogens with zero attached hydrogens (tertiary/aromatic N) is 1. The molecule has 6 nitrogen and oxygen atoms in total. The number of quaternary nitrogens is 1. The maximum absolute atomic E-state index is 16.0. The van der Waals surface area contributed by atoms with Crippen molar-refractivity contribution in [3.05, 3.63) is 123 Å². The summed E-state index contributed by atoms with van der Waals surface area (Å²) in [6.07, 6.45) is -37.5. The Bertz CT molecular complexity index is 2620. The summed E-state index contributed by atoms with van der Waals surface area (Å²) in [6, 6.07) is 1.09. The smallest absolute Gasteiger partial charge is 0.490 e. The summed E-state index contributed by atoms with van der Waals surface area (Å²) in [6.45, 7) is 9.19. The first kappa shape index (κ1) is 77.8. The van der Waals surface area contributed by atoms with Gasteiger partial charge in [-0.05, 0) is 88.1 Å². The van der Waals surface area contributed by atoms with Crippen LogP contribution in [0.5, 0.6) is 17.2 Å². The van der Waals surface area contributed by atoms with Crippen molar-refractivity contribution in [1.29, 1.82) is 0 Å². The average molecular weight is 1320 g/mol. The van der Waals surface area contributed by atoms with E-state index in [2.05, 4.69) is 0 Å². The lowest BCUT2D eigenvalue weighted by atomic mass is 9.85. The molecule has 2 unspecified atom stereocenters. The van der Waals surface area contributed by atoms with E-state index in [0.717, 1.165) is 38.5 Å². The summed E-state index contributed by atoms with van der Waals surface area (Å²) >= 11 is 0. The van der Waals surface area contributed by atoms with Gasteiger partial charge in [0, 0.05) is 12.8 Å². The molecule has 504 valence electrons. The molecule has 0 aliphatic carbocycles. The van der Waals surface area contributed by atoms with Crippen LogP contribution in [0.15, 0.2) is 66.7 Å². The molecule has 0 N–H and O–H groups in total. The third-order valence-electron chi connectivity index (χ3n) is 14.0. The third-order valence-corrected chi connectivity index (χ3v) is 14.0. The van der Waals surface area contributed by atoms with E-state index >= 15 is 13.2 Å². The molecule has 0 spiro atoms. The molecule has 0 heterocycles. The summed E-state index contributed by atoms with van der Waals surface area (Å²) in [5, 5.41) is 0. The van der Waals surface area contributed by atoms with Gasteiger partial charge in [-0.2, -0.15) is 124 Å². The highest BCUT2D eigenvalue weighted by molar-refractivity contribution is 6.39. The van der Waals surface area contributed by atoms with E-state index in [9.17, 15) is 92.2 Å². The van der Waals surface area contributed by atoms with Crippen LogP contribution < -0.4 is 14.0 Å². The first-order valence-electron chi connectivity index (χ1n) is 28.1. The van der Waals surface area contributed by atoms with E-state index < -0.39 is 166 Å². The highest BCUT2D eigenvalue weighted by atomic mass is 19.4. The van der Waals surface area contributed by atoms with Crippen molar-refractivity contribution in [3.8, 4) is 17.2 Å². The Morgan fingerprint density at radius 2 is 0.742 bits per heavy atom. The fourth-order valence-electron chi connectivity index (χ4n) is 10.1. The van der Waals surface area contributed by atoms with Crippen LogP contribution in [0, 0.1) is 6.07 Å². The lowest BCUT2D eigenvalue weighted by molar-refractivity contribution is -1.05. The number of hydrogen-bond donors (Lipinski definition) is 0. The van der Waals surface area contributed by atoms with E-state index in [1.807, 2.05) is 13.8 Å². The van der Waals surface area contributed by atoms with Gasteiger partial charge in [0.1, 0.15) is 17.2 Å². The summed E-state index contributed by atoms with van der Waals surface area (Å²) in [7, 11) is -3.38. The molecule has 2 atom stereocenters. The molecule has 0 amide bonds. The fraction of sp³-hybridized carbons (Fsp3) is 0.586. The van der Waals surface area contributed by atoms with Gasteiger partial charge in [-0.3, -0.25) is 4.48 Å². The van der Waals surface area contributed by atoms with E-state index in [-0.39, 0.29) is 81.4 Å². The average Bonchev–Trinajstić information content (AvgIpc) is 0.824. The highest BCUT2D eigenvalue weighted by Crippen LogP contribution is 2.54. The fourth-order valence-corrected chi connectivity index (χ4v) is 10.1. The van der Waals surface area contributed by atoms with Gasteiger partial charge >= 0.3 is 56.7 Å². The van der Waals surface area contributed by atoms with Crippen LogP contribution in [0.1, 0.15) is 182 Å². The normalized spacial score (nSPS) is 14.2. The minimum absolute atomic E-state index is 0.0277. The number of benzene rings is 4. The Balaban J connectivity index is 0.00000129. The molecule has 4 rings (SSSR count). The Morgan fingerprint density at radius 1 is 0.393 bits per heavy atom. The maximum Gasteiger partial charge on any atom is 0.864 e. The summed E-state index contributed by atoms with van der Waals surface area (Å²) in [4.78, 5) is 0. The van der Waals surface area contributed by atoms with Crippen LogP contribution in [0.25, 0.3) is 0 Å². The van der Waals surface area contributed by atoms with E-state index in [1.165, 1.54) is 13.8 Å². The van der Waals surface area contributed by atoms with E-state index in [1.54, 1.807) is 19.9 Å². The lowest BCUT2D eigenvalue weighted by Crippen LogP contribution is -2.70. The molecule has 0 saturated heterocycles. The van der Waals surface area contributed by atoms with Gasteiger partial charge in [0.25, 0.3) is 0 Å². The second-order valence-electron chi connectivity index (χ2n) is 20.4. The predicted molar refractivity (Wildman–Crippen MR) is 278 cm³/mol. The molecular weight excluding hydrogens is 1260 g/mol. The monoisotopic (exact) mass is 1320 g/mol. The number of alkyl halides is 24. The number of unbranched alkanes of at least 4 members (excludes halogenated alkanes) is 10. The number of halogens is 24. The zero-order chi connectivity index (χ0) is 67.8. The topological polar surface area (TPSA) is 46.2 Å². The Morgan fingerprint density at radius 3 is 1.06 bits per heavy atom. The number of rotatable bonds is 29. The van der Waals surface area contributed by atoms with Crippen LogP contribution in [-0.2, 0) is 64.6 Å². The predicted octanol–water partition coefficient (Wildman–Crippen LogP) is 21.8.